The van der Waals surface area contributed by atoms with Crippen LogP contribution in [0.15, 0.2) is 21.7 Å². The van der Waals surface area contributed by atoms with Gasteiger partial charge in [-0.25, -0.2) is 8.42 Å². The van der Waals surface area contributed by atoms with Crippen LogP contribution in [0, 0.1) is 11.8 Å². The Morgan fingerprint density at radius 3 is 2.62 bits per heavy atom. The van der Waals surface area contributed by atoms with Crippen molar-refractivity contribution in [3.05, 3.63) is 17.5 Å². The lowest BCUT2D eigenvalue weighted by atomic mass is 9.90. The predicted molar refractivity (Wildman–Crippen MR) is 93.3 cm³/mol. The van der Waals surface area contributed by atoms with Crippen molar-refractivity contribution in [1.82, 2.24) is 9.21 Å². The van der Waals surface area contributed by atoms with E-state index in [9.17, 15) is 13.2 Å². The van der Waals surface area contributed by atoms with Crippen LogP contribution in [0.3, 0.4) is 0 Å². The monoisotopic (exact) mass is 368 g/mol. The van der Waals surface area contributed by atoms with Crippen molar-refractivity contribution in [3.63, 3.8) is 0 Å². The summed E-state index contributed by atoms with van der Waals surface area (Å²) < 4.78 is 27.1. The number of amides is 1. The molecule has 0 N–H and O–H groups in total. The summed E-state index contributed by atoms with van der Waals surface area (Å²) in [6.07, 6.45) is 6.13. The molecule has 3 aliphatic rings. The minimum absolute atomic E-state index is 0.000800. The van der Waals surface area contributed by atoms with Gasteiger partial charge in [-0.3, -0.25) is 4.79 Å². The van der Waals surface area contributed by atoms with E-state index in [2.05, 4.69) is 4.90 Å². The first-order chi connectivity index (χ1) is 11.6. The molecule has 132 valence electrons. The van der Waals surface area contributed by atoms with Crippen LogP contribution in [0.25, 0.3) is 0 Å². The Labute approximate surface area is 147 Å². The number of fused-ring (bicyclic) bond motifs is 2. The molecule has 0 radical (unpaired) electrons. The molecule has 0 aromatic carbocycles. The molecule has 1 saturated carbocycles. The van der Waals surface area contributed by atoms with Crippen molar-refractivity contribution in [2.45, 2.75) is 48.8 Å². The molecule has 2 atom stereocenters. The Morgan fingerprint density at radius 2 is 1.96 bits per heavy atom. The summed E-state index contributed by atoms with van der Waals surface area (Å²) >= 11 is 1.26. The topological polar surface area (TPSA) is 57.7 Å². The molecule has 1 aromatic rings. The Balaban J connectivity index is 1.39. The molecule has 2 unspecified atom stereocenters. The maximum Gasteiger partial charge on any atom is 0.252 e. The molecule has 4 rings (SSSR count). The van der Waals surface area contributed by atoms with Crippen LogP contribution in [0.4, 0.5) is 0 Å². The van der Waals surface area contributed by atoms with E-state index in [1.165, 1.54) is 30.6 Å². The third kappa shape index (κ3) is 2.91. The van der Waals surface area contributed by atoms with Crippen molar-refractivity contribution >= 4 is 27.3 Å². The Bertz CT molecular complexity index is 693. The molecule has 1 amide bonds. The molecule has 1 aromatic heterocycles. The number of carbonyl (C=O) groups is 1. The molecule has 24 heavy (non-hydrogen) atoms. The second kappa shape index (κ2) is 6.42. The van der Waals surface area contributed by atoms with Crippen LogP contribution >= 0.6 is 11.3 Å². The lowest BCUT2D eigenvalue weighted by Crippen LogP contribution is -2.45. The van der Waals surface area contributed by atoms with E-state index in [0.29, 0.717) is 42.1 Å². The maximum atomic E-state index is 12.9. The van der Waals surface area contributed by atoms with Gasteiger partial charge in [0, 0.05) is 31.6 Å². The summed E-state index contributed by atoms with van der Waals surface area (Å²) in [5.74, 6) is 0.976. The number of hydrogen-bond acceptors (Lipinski definition) is 4. The van der Waals surface area contributed by atoms with Gasteiger partial charge in [-0.2, -0.15) is 4.31 Å². The molecule has 2 aliphatic heterocycles. The summed E-state index contributed by atoms with van der Waals surface area (Å²) in [5.41, 5.74) is 0. The van der Waals surface area contributed by atoms with E-state index in [-0.39, 0.29) is 11.8 Å². The maximum absolute atomic E-state index is 12.9. The minimum Gasteiger partial charge on any atom is -0.339 e. The summed E-state index contributed by atoms with van der Waals surface area (Å²) in [6, 6.07) is 3.87. The summed E-state index contributed by atoms with van der Waals surface area (Å²) in [7, 11) is -3.37. The molecule has 3 heterocycles. The Morgan fingerprint density at radius 1 is 1.17 bits per heavy atom. The number of carbonyl (C=O) groups excluding carboxylic acids is 1. The summed E-state index contributed by atoms with van der Waals surface area (Å²) in [4.78, 5) is 15.0. The molecule has 2 bridgehead atoms. The first-order valence-electron chi connectivity index (χ1n) is 8.90. The summed E-state index contributed by atoms with van der Waals surface area (Å²) in [6.45, 7) is 1.84. The number of rotatable bonds is 3. The molecular weight excluding hydrogens is 344 g/mol. The van der Waals surface area contributed by atoms with Gasteiger partial charge in [0.25, 0.3) is 10.0 Å². The van der Waals surface area contributed by atoms with Gasteiger partial charge in [0.1, 0.15) is 4.21 Å². The van der Waals surface area contributed by atoms with E-state index >= 15 is 0 Å². The zero-order chi connectivity index (χ0) is 16.7. The highest BCUT2D eigenvalue weighted by Crippen LogP contribution is 2.37. The average Bonchev–Trinajstić information content (AvgIpc) is 3.23. The fourth-order valence-corrected chi connectivity index (χ4v) is 7.14. The van der Waals surface area contributed by atoms with Crippen molar-refractivity contribution in [1.29, 1.82) is 0 Å². The van der Waals surface area contributed by atoms with Crippen molar-refractivity contribution in [2.75, 3.05) is 19.6 Å². The number of sulfonamides is 1. The van der Waals surface area contributed by atoms with Gasteiger partial charge in [0.2, 0.25) is 5.91 Å². The Hall–Kier alpha value is -0.920. The van der Waals surface area contributed by atoms with Crippen LogP contribution in [0.2, 0.25) is 0 Å². The standard InChI is InChI=1S/C17H24N2O3S2/c20-17(19-12-13-3-1-4-15(19)11-13)14-6-8-18(9-7-14)24(21,22)16-5-2-10-23-16/h2,5,10,13-15H,1,3-4,6-9,11-12H2. The zero-order valence-electron chi connectivity index (χ0n) is 13.8. The normalized spacial score (nSPS) is 29.1. The van der Waals surface area contributed by atoms with Gasteiger partial charge in [-0.05, 0) is 49.5 Å². The highest BCUT2D eigenvalue weighted by Gasteiger charge is 2.41. The number of piperidine rings is 1. The molecule has 7 heteroatoms. The van der Waals surface area contributed by atoms with Crippen molar-refractivity contribution < 1.29 is 13.2 Å². The second-order valence-corrected chi connectivity index (χ2v) is 10.4. The van der Waals surface area contributed by atoms with E-state index < -0.39 is 10.0 Å². The first kappa shape index (κ1) is 16.5. The largest absolute Gasteiger partial charge is 0.339 e. The van der Waals surface area contributed by atoms with E-state index in [4.69, 9.17) is 0 Å². The van der Waals surface area contributed by atoms with E-state index in [1.54, 1.807) is 21.8 Å². The lowest BCUT2D eigenvalue weighted by Gasteiger charge is -2.34. The smallest absolute Gasteiger partial charge is 0.252 e. The molecule has 2 saturated heterocycles. The van der Waals surface area contributed by atoms with Gasteiger partial charge in [-0.15, -0.1) is 11.3 Å². The fourth-order valence-electron chi connectivity index (χ4n) is 4.52. The number of thiophene rings is 1. The van der Waals surface area contributed by atoms with Crippen LogP contribution in [-0.2, 0) is 14.8 Å². The molecule has 3 fully saturated rings. The third-order valence-corrected chi connectivity index (χ3v) is 9.10. The number of nitrogens with zero attached hydrogens (tertiary/aromatic N) is 2. The molecule has 5 nitrogen and oxygen atoms in total. The van der Waals surface area contributed by atoms with Crippen LogP contribution < -0.4 is 0 Å². The molecular formula is C17H24N2O3S2. The molecule has 1 aliphatic carbocycles. The van der Waals surface area contributed by atoms with Gasteiger partial charge in [0.05, 0.1) is 0 Å². The third-order valence-electron chi connectivity index (χ3n) is 5.83. The van der Waals surface area contributed by atoms with E-state index in [1.807, 2.05) is 0 Å². The van der Waals surface area contributed by atoms with E-state index in [0.717, 1.165) is 13.0 Å². The van der Waals surface area contributed by atoms with Crippen molar-refractivity contribution in [3.8, 4) is 0 Å². The van der Waals surface area contributed by atoms with Crippen LogP contribution in [0.5, 0.6) is 0 Å². The lowest BCUT2D eigenvalue weighted by molar-refractivity contribution is -0.137. The van der Waals surface area contributed by atoms with Gasteiger partial charge >= 0.3 is 0 Å². The highest BCUT2D eigenvalue weighted by molar-refractivity contribution is 7.91. The molecule has 0 spiro atoms. The quantitative estimate of drug-likeness (QED) is 0.824. The van der Waals surface area contributed by atoms with Crippen LogP contribution in [0.1, 0.15) is 38.5 Å². The summed E-state index contributed by atoms with van der Waals surface area (Å²) in [5, 5.41) is 1.79. The highest BCUT2D eigenvalue weighted by atomic mass is 32.2. The number of likely N-dealkylation sites (tertiary alicyclic amines) is 1. The van der Waals surface area contributed by atoms with Gasteiger partial charge < -0.3 is 4.90 Å². The Kier molecular flexibility index (Phi) is 4.43. The SMILES string of the molecule is O=C(C1CCN(S(=O)(=O)c2cccs2)CC1)N1CC2CCCC1C2. The van der Waals surface area contributed by atoms with Crippen molar-refractivity contribution in [2.24, 2.45) is 11.8 Å². The average molecular weight is 369 g/mol. The predicted octanol–water partition coefficient (Wildman–Crippen LogP) is 2.55. The second-order valence-electron chi connectivity index (χ2n) is 7.29. The fraction of sp³-hybridized carbons (Fsp3) is 0.706. The van der Waals surface area contributed by atoms with Gasteiger partial charge in [-0.1, -0.05) is 12.5 Å². The minimum atomic E-state index is -3.37. The first-order valence-corrected chi connectivity index (χ1v) is 11.2. The van der Waals surface area contributed by atoms with Gasteiger partial charge in [0.15, 0.2) is 0 Å². The van der Waals surface area contributed by atoms with Crippen LogP contribution in [-0.4, -0.2) is 49.2 Å². The zero-order valence-corrected chi connectivity index (χ0v) is 15.4. The number of hydrogen-bond donors (Lipinski definition) is 0.